The Balaban J connectivity index is 1.56. The van der Waals surface area contributed by atoms with Crippen molar-refractivity contribution in [3.8, 4) is 0 Å². The molecule has 2 aliphatic rings. The Morgan fingerprint density at radius 1 is 1.43 bits per heavy atom. The largest absolute Gasteiger partial charge is 0.384 e. The van der Waals surface area contributed by atoms with Crippen molar-refractivity contribution in [2.24, 2.45) is 0 Å². The fraction of sp³-hybridized carbons (Fsp3) is 0.588. The van der Waals surface area contributed by atoms with E-state index in [-0.39, 0.29) is 23.5 Å². The molecule has 2 heterocycles. The third-order valence-electron chi connectivity index (χ3n) is 4.43. The maximum atomic E-state index is 12.3. The number of anilines is 1. The van der Waals surface area contributed by atoms with Crippen LogP contribution in [0.25, 0.3) is 0 Å². The second-order valence-corrected chi connectivity index (χ2v) is 6.73. The van der Waals surface area contributed by atoms with Crippen LogP contribution in [0.4, 0.5) is 5.69 Å². The predicted molar refractivity (Wildman–Crippen MR) is 83.5 cm³/mol. The number of fused-ring (bicyclic) bond motifs is 1. The molecule has 0 bridgehead atoms. The Kier molecular flexibility index (Phi) is 3.89. The number of nitrogens with one attached hydrogen (secondary N) is 2. The van der Waals surface area contributed by atoms with Gasteiger partial charge in [0.15, 0.2) is 0 Å². The van der Waals surface area contributed by atoms with Gasteiger partial charge in [-0.25, -0.2) is 0 Å². The number of benzene rings is 1. The first-order valence-corrected chi connectivity index (χ1v) is 7.80. The number of carbonyl (C=O) groups excluding carboxylic acids is 1. The number of amides is 1. The highest BCUT2D eigenvalue weighted by Gasteiger charge is 2.30. The van der Waals surface area contributed by atoms with E-state index in [1.54, 1.807) is 0 Å². The zero-order valence-corrected chi connectivity index (χ0v) is 12.8. The van der Waals surface area contributed by atoms with Crippen molar-refractivity contribution in [2.75, 3.05) is 18.5 Å². The van der Waals surface area contributed by atoms with E-state index < -0.39 is 0 Å². The summed E-state index contributed by atoms with van der Waals surface area (Å²) in [6, 6.07) is 8.50. The summed E-state index contributed by atoms with van der Waals surface area (Å²) in [4.78, 5) is 12.3. The van der Waals surface area contributed by atoms with Gasteiger partial charge < -0.3 is 15.4 Å². The summed E-state index contributed by atoms with van der Waals surface area (Å²) in [5.74, 6) is 0.440. The number of rotatable bonds is 3. The molecule has 2 unspecified atom stereocenters. The average molecular weight is 288 g/mol. The van der Waals surface area contributed by atoms with E-state index in [0.717, 1.165) is 26.0 Å². The summed E-state index contributed by atoms with van der Waals surface area (Å²) in [6.45, 7) is 5.75. The highest BCUT2D eigenvalue weighted by atomic mass is 16.5. The van der Waals surface area contributed by atoms with Crippen LogP contribution in [0.15, 0.2) is 24.3 Å². The van der Waals surface area contributed by atoms with Gasteiger partial charge in [0, 0.05) is 37.2 Å². The van der Waals surface area contributed by atoms with E-state index in [0.29, 0.717) is 6.42 Å². The monoisotopic (exact) mass is 288 g/mol. The zero-order chi connectivity index (χ0) is 14.9. The van der Waals surface area contributed by atoms with Gasteiger partial charge in [0.2, 0.25) is 5.91 Å². The molecule has 0 spiro atoms. The number of ether oxygens (including phenoxy) is 1. The fourth-order valence-electron chi connectivity index (χ4n) is 3.40. The summed E-state index contributed by atoms with van der Waals surface area (Å²) in [7, 11) is 0. The number of hydrogen-bond acceptors (Lipinski definition) is 3. The van der Waals surface area contributed by atoms with Gasteiger partial charge in [-0.1, -0.05) is 18.2 Å². The van der Waals surface area contributed by atoms with Crippen LogP contribution in [0, 0.1) is 0 Å². The minimum atomic E-state index is -0.127. The van der Waals surface area contributed by atoms with Gasteiger partial charge in [-0.3, -0.25) is 4.79 Å². The van der Waals surface area contributed by atoms with Crippen molar-refractivity contribution in [1.82, 2.24) is 5.32 Å². The topological polar surface area (TPSA) is 50.4 Å². The molecule has 2 aliphatic heterocycles. The number of hydrogen-bond donors (Lipinski definition) is 2. The highest BCUT2D eigenvalue weighted by Crippen LogP contribution is 2.33. The van der Waals surface area contributed by atoms with Crippen molar-refractivity contribution < 1.29 is 9.53 Å². The van der Waals surface area contributed by atoms with Crippen LogP contribution >= 0.6 is 0 Å². The minimum Gasteiger partial charge on any atom is -0.384 e. The fourth-order valence-corrected chi connectivity index (χ4v) is 3.40. The molecule has 4 heteroatoms. The van der Waals surface area contributed by atoms with Crippen LogP contribution in [0.3, 0.4) is 0 Å². The SMILES string of the molecule is CC1(C)CC(NC(=O)CC2CNc3ccccc32)CCO1. The lowest BCUT2D eigenvalue weighted by Crippen LogP contribution is -2.46. The lowest BCUT2D eigenvalue weighted by Gasteiger charge is -2.35. The van der Waals surface area contributed by atoms with E-state index in [4.69, 9.17) is 4.74 Å². The molecule has 1 amide bonds. The summed E-state index contributed by atoms with van der Waals surface area (Å²) >= 11 is 0. The first-order chi connectivity index (χ1) is 10.0. The van der Waals surface area contributed by atoms with Gasteiger partial charge in [-0.15, -0.1) is 0 Å². The van der Waals surface area contributed by atoms with Gasteiger partial charge in [-0.2, -0.15) is 0 Å². The third-order valence-corrected chi connectivity index (χ3v) is 4.43. The summed E-state index contributed by atoms with van der Waals surface area (Å²) < 4.78 is 5.70. The first kappa shape index (κ1) is 14.4. The van der Waals surface area contributed by atoms with Crippen LogP contribution in [0.1, 0.15) is 44.6 Å². The molecule has 0 aromatic heterocycles. The van der Waals surface area contributed by atoms with E-state index in [1.807, 2.05) is 12.1 Å². The molecule has 4 nitrogen and oxygen atoms in total. The Morgan fingerprint density at radius 2 is 2.24 bits per heavy atom. The van der Waals surface area contributed by atoms with Crippen LogP contribution in [0.2, 0.25) is 0 Å². The molecule has 1 aromatic carbocycles. The first-order valence-electron chi connectivity index (χ1n) is 7.80. The molecule has 1 fully saturated rings. The van der Waals surface area contributed by atoms with E-state index in [9.17, 15) is 4.79 Å². The second-order valence-electron chi connectivity index (χ2n) is 6.73. The maximum Gasteiger partial charge on any atom is 0.220 e. The average Bonchev–Trinajstić information content (AvgIpc) is 2.81. The van der Waals surface area contributed by atoms with Gasteiger partial charge in [0.25, 0.3) is 0 Å². The van der Waals surface area contributed by atoms with Crippen LogP contribution in [-0.2, 0) is 9.53 Å². The number of para-hydroxylation sites is 1. The molecule has 0 aliphatic carbocycles. The molecule has 0 radical (unpaired) electrons. The lowest BCUT2D eigenvalue weighted by molar-refractivity contribution is -0.124. The standard InChI is InChI=1S/C17H24N2O2/c1-17(2)10-13(7-8-21-17)19-16(20)9-12-11-18-15-6-4-3-5-14(12)15/h3-6,12-13,18H,7-11H2,1-2H3,(H,19,20). The normalized spacial score (nSPS) is 26.8. The molecule has 114 valence electrons. The van der Waals surface area contributed by atoms with Gasteiger partial charge in [0.05, 0.1) is 5.60 Å². The molecule has 2 N–H and O–H groups in total. The summed E-state index contributed by atoms with van der Waals surface area (Å²) in [5.41, 5.74) is 2.31. The minimum absolute atomic E-state index is 0.127. The Bertz CT molecular complexity index is 527. The number of carbonyl (C=O) groups is 1. The molecule has 21 heavy (non-hydrogen) atoms. The lowest BCUT2D eigenvalue weighted by atomic mass is 9.93. The van der Waals surface area contributed by atoms with Crippen molar-refractivity contribution in [3.63, 3.8) is 0 Å². The van der Waals surface area contributed by atoms with E-state index in [1.165, 1.54) is 11.3 Å². The van der Waals surface area contributed by atoms with Crippen molar-refractivity contribution in [1.29, 1.82) is 0 Å². The highest BCUT2D eigenvalue weighted by molar-refractivity contribution is 5.78. The van der Waals surface area contributed by atoms with E-state index >= 15 is 0 Å². The Hall–Kier alpha value is -1.55. The molecular weight excluding hydrogens is 264 g/mol. The second kappa shape index (κ2) is 5.68. The van der Waals surface area contributed by atoms with Crippen molar-refractivity contribution in [2.45, 2.75) is 50.7 Å². The van der Waals surface area contributed by atoms with Gasteiger partial charge >= 0.3 is 0 Å². The van der Waals surface area contributed by atoms with E-state index in [2.05, 4.69) is 36.6 Å². The van der Waals surface area contributed by atoms with Gasteiger partial charge in [-0.05, 0) is 38.3 Å². The maximum absolute atomic E-state index is 12.3. The molecule has 1 aromatic rings. The molecule has 0 saturated carbocycles. The third kappa shape index (κ3) is 3.38. The summed E-state index contributed by atoms with van der Waals surface area (Å²) in [6.07, 6.45) is 2.36. The molecule has 2 atom stereocenters. The zero-order valence-electron chi connectivity index (χ0n) is 12.8. The Morgan fingerprint density at radius 3 is 3.05 bits per heavy atom. The van der Waals surface area contributed by atoms with Crippen LogP contribution < -0.4 is 10.6 Å². The molecular formula is C17H24N2O2. The van der Waals surface area contributed by atoms with Crippen molar-refractivity contribution >= 4 is 11.6 Å². The van der Waals surface area contributed by atoms with Crippen LogP contribution in [-0.4, -0.2) is 30.7 Å². The van der Waals surface area contributed by atoms with Crippen LogP contribution in [0.5, 0.6) is 0 Å². The van der Waals surface area contributed by atoms with Gasteiger partial charge in [0.1, 0.15) is 0 Å². The summed E-state index contributed by atoms with van der Waals surface area (Å²) in [5, 5.41) is 6.56. The smallest absolute Gasteiger partial charge is 0.220 e. The molecule has 1 saturated heterocycles. The Labute approximate surface area is 126 Å². The molecule has 3 rings (SSSR count). The quantitative estimate of drug-likeness (QED) is 0.899. The van der Waals surface area contributed by atoms with Crippen molar-refractivity contribution in [3.05, 3.63) is 29.8 Å². The predicted octanol–water partition coefficient (Wildman–Crippen LogP) is 2.66.